The van der Waals surface area contributed by atoms with E-state index in [-0.39, 0.29) is 12.5 Å². The maximum atomic E-state index is 13.1. The van der Waals surface area contributed by atoms with E-state index in [2.05, 4.69) is 21.9 Å². The Kier molecular flexibility index (Phi) is 5.85. The van der Waals surface area contributed by atoms with Crippen LogP contribution in [0.3, 0.4) is 0 Å². The van der Waals surface area contributed by atoms with Gasteiger partial charge >= 0.3 is 0 Å². The Morgan fingerprint density at radius 1 is 1.08 bits per heavy atom. The predicted octanol–water partition coefficient (Wildman–Crippen LogP) is 2.25. The van der Waals surface area contributed by atoms with E-state index >= 15 is 0 Å². The number of rotatable bonds is 4. The summed E-state index contributed by atoms with van der Waals surface area (Å²) >= 11 is 0. The van der Waals surface area contributed by atoms with E-state index in [4.69, 9.17) is 0 Å². The lowest BCUT2D eigenvalue weighted by atomic mass is 10.2. The standard InChI is InChI=1S/C17H14F2N2O3S/c1-12(22)21-16-6-4-13(5-7-16)3-2-8-20-25(23,24)17-10-14(18)9-15(19)11-17/h4-7,9-11,20H,8H2,1H3,(H,21,22). The summed E-state index contributed by atoms with van der Waals surface area (Å²) in [6.07, 6.45) is 0. The summed E-state index contributed by atoms with van der Waals surface area (Å²) in [5.74, 6) is 3.18. The third-order valence-corrected chi connectivity index (χ3v) is 4.32. The van der Waals surface area contributed by atoms with Crippen molar-refractivity contribution in [2.75, 3.05) is 11.9 Å². The lowest BCUT2D eigenvalue weighted by Crippen LogP contribution is -2.24. The zero-order valence-corrected chi connectivity index (χ0v) is 14.0. The van der Waals surface area contributed by atoms with Crippen LogP contribution in [0.1, 0.15) is 12.5 Å². The summed E-state index contributed by atoms with van der Waals surface area (Å²) in [7, 11) is -4.06. The first-order chi connectivity index (χ1) is 11.8. The molecular formula is C17H14F2N2O3S. The molecule has 5 nitrogen and oxygen atoms in total. The highest BCUT2D eigenvalue weighted by Gasteiger charge is 2.15. The molecule has 0 radical (unpaired) electrons. The molecule has 25 heavy (non-hydrogen) atoms. The molecule has 0 atom stereocenters. The normalized spacial score (nSPS) is 10.7. The molecule has 130 valence electrons. The van der Waals surface area contributed by atoms with Gasteiger partial charge in [-0.1, -0.05) is 11.8 Å². The Bertz CT molecular complexity index is 926. The van der Waals surface area contributed by atoms with Crippen LogP contribution in [0.2, 0.25) is 0 Å². The second kappa shape index (κ2) is 7.88. The molecule has 0 saturated carbocycles. The van der Waals surface area contributed by atoms with Crippen LogP contribution in [-0.4, -0.2) is 20.9 Å². The quantitative estimate of drug-likeness (QED) is 0.817. The molecule has 0 saturated heterocycles. The van der Waals surface area contributed by atoms with Gasteiger partial charge < -0.3 is 5.32 Å². The van der Waals surface area contributed by atoms with Gasteiger partial charge in [0, 0.05) is 24.2 Å². The van der Waals surface area contributed by atoms with Gasteiger partial charge in [0.1, 0.15) is 11.6 Å². The number of benzene rings is 2. The average molecular weight is 364 g/mol. The lowest BCUT2D eigenvalue weighted by Gasteiger charge is -2.04. The molecule has 0 aliphatic heterocycles. The fourth-order valence-electron chi connectivity index (χ4n) is 1.88. The van der Waals surface area contributed by atoms with Crippen molar-refractivity contribution in [1.29, 1.82) is 0 Å². The number of carbonyl (C=O) groups is 1. The third-order valence-electron chi connectivity index (χ3n) is 2.93. The molecule has 2 N–H and O–H groups in total. The highest BCUT2D eigenvalue weighted by molar-refractivity contribution is 7.89. The van der Waals surface area contributed by atoms with Gasteiger partial charge in [0.2, 0.25) is 15.9 Å². The minimum absolute atomic E-state index is 0.193. The van der Waals surface area contributed by atoms with Crippen LogP contribution >= 0.6 is 0 Å². The fourth-order valence-corrected chi connectivity index (χ4v) is 2.85. The smallest absolute Gasteiger partial charge is 0.241 e. The highest BCUT2D eigenvalue weighted by atomic mass is 32.2. The Balaban J connectivity index is 2.00. The summed E-state index contributed by atoms with van der Waals surface area (Å²) in [5, 5.41) is 2.61. The number of hydrogen-bond donors (Lipinski definition) is 2. The number of halogens is 2. The molecule has 8 heteroatoms. The van der Waals surface area contributed by atoms with Crippen LogP contribution in [0.25, 0.3) is 0 Å². The molecular weight excluding hydrogens is 350 g/mol. The first-order valence-corrected chi connectivity index (χ1v) is 8.57. The average Bonchev–Trinajstić information content (AvgIpc) is 2.51. The molecule has 0 heterocycles. The van der Waals surface area contributed by atoms with Gasteiger partial charge in [0.15, 0.2) is 0 Å². The first kappa shape index (κ1) is 18.6. The maximum Gasteiger partial charge on any atom is 0.241 e. The summed E-state index contributed by atoms with van der Waals surface area (Å²) in [6, 6.07) is 8.67. The summed E-state index contributed by atoms with van der Waals surface area (Å²) < 4.78 is 52.2. The molecule has 0 unspecified atom stereocenters. The van der Waals surface area contributed by atoms with Crippen molar-refractivity contribution in [3.05, 3.63) is 59.7 Å². The minimum atomic E-state index is -4.06. The summed E-state index contributed by atoms with van der Waals surface area (Å²) in [6.45, 7) is 1.16. The summed E-state index contributed by atoms with van der Waals surface area (Å²) in [4.78, 5) is 10.4. The third kappa shape index (κ3) is 5.67. The summed E-state index contributed by atoms with van der Waals surface area (Å²) in [5.41, 5.74) is 1.23. The molecule has 2 aromatic carbocycles. The number of nitrogens with one attached hydrogen (secondary N) is 2. The largest absolute Gasteiger partial charge is 0.326 e. The van der Waals surface area contributed by atoms with Crippen LogP contribution < -0.4 is 10.0 Å². The van der Waals surface area contributed by atoms with Gasteiger partial charge in [-0.15, -0.1) is 0 Å². The molecule has 1 amide bonds. The second-order valence-corrected chi connectivity index (χ2v) is 6.76. The fraction of sp³-hybridized carbons (Fsp3) is 0.118. The Morgan fingerprint density at radius 3 is 2.24 bits per heavy atom. The Morgan fingerprint density at radius 2 is 1.68 bits per heavy atom. The van der Waals surface area contributed by atoms with E-state index in [0.29, 0.717) is 17.3 Å². The van der Waals surface area contributed by atoms with E-state index in [0.717, 1.165) is 12.1 Å². The van der Waals surface area contributed by atoms with Crippen LogP contribution in [0.5, 0.6) is 0 Å². The minimum Gasteiger partial charge on any atom is -0.326 e. The van der Waals surface area contributed by atoms with E-state index in [1.54, 1.807) is 24.3 Å². The van der Waals surface area contributed by atoms with E-state index in [1.165, 1.54) is 6.92 Å². The highest BCUT2D eigenvalue weighted by Crippen LogP contribution is 2.13. The number of carbonyl (C=O) groups excluding carboxylic acids is 1. The number of sulfonamides is 1. The second-order valence-electron chi connectivity index (χ2n) is 4.99. The Hall–Kier alpha value is -2.76. The van der Waals surface area contributed by atoms with Crippen LogP contribution in [0, 0.1) is 23.5 Å². The van der Waals surface area contributed by atoms with Crippen molar-refractivity contribution in [1.82, 2.24) is 4.72 Å². The SMILES string of the molecule is CC(=O)Nc1ccc(C#CCNS(=O)(=O)c2cc(F)cc(F)c2)cc1. The molecule has 2 rings (SSSR count). The molecule has 0 aromatic heterocycles. The molecule has 0 aliphatic carbocycles. The number of anilines is 1. The monoisotopic (exact) mass is 364 g/mol. The first-order valence-electron chi connectivity index (χ1n) is 7.08. The van der Waals surface area contributed by atoms with E-state index < -0.39 is 26.6 Å². The van der Waals surface area contributed by atoms with Gasteiger partial charge in [-0.25, -0.2) is 17.2 Å². The van der Waals surface area contributed by atoms with Gasteiger partial charge in [-0.05, 0) is 36.4 Å². The van der Waals surface area contributed by atoms with E-state index in [9.17, 15) is 22.0 Å². The molecule has 0 aliphatic rings. The number of amides is 1. The zero-order valence-electron chi connectivity index (χ0n) is 13.1. The maximum absolute atomic E-state index is 13.1. The van der Waals surface area contributed by atoms with Crippen molar-refractivity contribution >= 4 is 21.6 Å². The van der Waals surface area contributed by atoms with Crippen LogP contribution in [0.15, 0.2) is 47.4 Å². The van der Waals surface area contributed by atoms with E-state index in [1.807, 2.05) is 0 Å². The van der Waals surface area contributed by atoms with Crippen LogP contribution in [-0.2, 0) is 14.8 Å². The molecule has 0 bridgehead atoms. The van der Waals surface area contributed by atoms with Gasteiger partial charge in [-0.3, -0.25) is 4.79 Å². The van der Waals surface area contributed by atoms with Crippen LogP contribution in [0.4, 0.5) is 14.5 Å². The molecule has 0 fully saturated rings. The lowest BCUT2D eigenvalue weighted by molar-refractivity contribution is -0.114. The van der Waals surface area contributed by atoms with Crippen molar-refractivity contribution in [3.63, 3.8) is 0 Å². The van der Waals surface area contributed by atoms with Crippen molar-refractivity contribution in [3.8, 4) is 11.8 Å². The number of hydrogen-bond acceptors (Lipinski definition) is 3. The van der Waals surface area contributed by atoms with Crippen molar-refractivity contribution in [2.45, 2.75) is 11.8 Å². The van der Waals surface area contributed by atoms with Gasteiger partial charge in [0.25, 0.3) is 0 Å². The topological polar surface area (TPSA) is 75.3 Å². The zero-order chi connectivity index (χ0) is 18.4. The predicted molar refractivity (Wildman–Crippen MR) is 89.2 cm³/mol. The van der Waals surface area contributed by atoms with Crippen molar-refractivity contribution < 1.29 is 22.0 Å². The molecule has 2 aromatic rings. The van der Waals surface area contributed by atoms with Gasteiger partial charge in [-0.2, -0.15) is 4.72 Å². The van der Waals surface area contributed by atoms with Crippen molar-refractivity contribution in [2.24, 2.45) is 0 Å². The Labute approximate surface area is 144 Å². The van der Waals surface area contributed by atoms with Gasteiger partial charge in [0.05, 0.1) is 11.4 Å². The molecule has 0 spiro atoms.